The van der Waals surface area contributed by atoms with E-state index in [4.69, 9.17) is 11.6 Å². The van der Waals surface area contributed by atoms with E-state index in [2.05, 4.69) is 0 Å². The van der Waals surface area contributed by atoms with E-state index in [0.717, 1.165) is 5.56 Å². The third kappa shape index (κ3) is 1.90. The maximum atomic E-state index is 10.9. The SMILES string of the molecule is O=[N+]([O-])c1cccc(Cl)c1-c1ccccc1. The molecule has 80 valence electrons. The van der Waals surface area contributed by atoms with Crippen LogP contribution >= 0.6 is 11.6 Å². The van der Waals surface area contributed by atoms with E-state index < -0.39 is 4.92 Å². The van der Waals surface area contributed by atoms with Crippen LogP contribution in [0.25, 0.3) is 11.1 Å². The van der Waals surface area contributed by atoms with Crippen LogP contribution in [0.3, 0.4) is 0 Å². The minimum Gasteiger partial charge on any atom is -0.258 e. The third-order valence-corrected chi connectivity index (χ3v) is 2.57. The van der Waals surface area contributed by atoms with Crippen molar-refractivity contribution in [3.63, 3.8) is 0 Å². The molecule has 2 aromatic carbocycles. The Kier molecular flexibility index (Phi) is 2.88. The zero-order chi connectivity index (χ0) is 11.5. The number of hydrogen-bond acceptors (Lipinski definition) is 2. The van der Waals surface area contributed by atoms with Crippen LogP contribution in [0.4, 0.5) is 5.69 Å². The van der Waals surface area contributed by atoms with Crippen molar-refractivity contribution in [2.45, 2.75) is 0 Å². The van der Waals surface area contributed by atoms with Crippen molar-refractivity contribution < 1.29 is 4.92 Å². The number of nitro benzene ring substituents is 1. The molecule has 0 aliphatic rings. The normalized spacial score (nSPS) is 10.1. The summed E-state index contributed by atoms with van der Waals surface area (Å²) in [6.45, 7) is 0. The maximum absolute atomic E-state index is 10.9. The summed E-state index contributed by atoms with van der Waals surface area (Å²) in [5.74, 6) is 0. The zero-order valence-electron chi connectivity index (χ0n) is 8.26. The smallest absolute Gasteiger partial charge is 0.258 e. The summed E-state index contributed by atoms with van der Waals surface area (Å²) in [6, 6.07) is 13.8. The predicted octanol–water partition coefficient (Wildman–Crippen LogP) is 3.92. The Bertz CT molecular complexity index is 526. The molecule has 3 nitrogen and oxygen atoms in total. The van der Waals surface area contributed by atoms with Crippen molar-refractivity contribution in [3.8, 4) is 11.1 Å². The molecule has 0 saturated carbocycles. The molecule has 2 aromatic rings. The van der Waals surface area contributed by atoms with Crippen molar-refractivity contribution in [3.05, 3.63) is 63.7 Å². The fourth-order valence-corrected chi connectivity index (χ4v) is 1.83. The van der Waals surface area contributed by atoms with Gasteiger partial charge >= 0.3 is 0 Å². The Labute approximate surface area is 97.4 Å². The average Bonchev–Trinajstić information content (AvgIpc) is 2.29. The van der Waals surface area contributed by atoms with Crippen molar-refractivity contribution in [1.82, 2.24) is 0 Å². The van der Waals surface area contributed by atoms with Crippen molar-refractivity contribution >= 4 is 17.3 Å². The Morgan fingerprint density at radius 3 is 2.31 bits per heavy atom. The van der Waals surface area contributed by atoms with E-state index in [0.29, 0.717) is 10.6 Å². The highest BCUT2D eigenvalue weighted by atomic mass is 35.5. The molecule has 16 heavy (non-hydrogen) atoms. The summed E-state index contributed by atoms with van der Waals surface area (Å²) >= 11 is 6.00. The molecule has 0 atom stereocenters. The van der Waals surface area contributed by atoms with Crippen LogP contribution in [0, 0.1) is 10.1 Å². The number of rotatable bonds is 2. The molecule has 0 N–H and O–H groups in total. The number of nitrogens with zero attached hydrogens (tertiary/aromatic N) is 1. The molecule has 0 heterocycles. The highest BCUT2D eigenvalue weighted by Gasteiger charge is 2.17. The van der Waals surface area contributed by atoms with Gasteiger partial charge in [0.1, 0.15) is 0 Å². The predicted molar refractivity (Wildman–Crippen MR) is 63.5 cm³/mol. The standard InChI is InChI=1S/C12H8ClNO2/c13-10-7-4-8-11(14(15)16)12(10)9-5-2-1-3-6-9/h1-8H. The maximum Gasteiger partial charge on any atom is 0.278 e. The largest absolute Gasteiger partial charge is 0.278 e. The van der Waals surface area contributed by atoms with E-state index in [-0.39, 0.29) is 5.69 Å². The lowest BCUT2D eigenvalue weighted by Crippen LogP contribution is -1.92. The van der Waals surface area contributed by atoms with E-state index in [1.165, 1.54) is 6.07 Å². The van der Waals surface area contributed by atoms with Crippen LogP contribution in [0.15, 0.2) is 48.5 Å². The molecule has 0 aliphatic heterocycles. The van der Waals surface area contributed by atoms with Gasteiger partial charge in [0.25, 0.3) is 5.69 Å². The fraction of sp³-hybridized carbons (Fsp3) is 0. The van der Waals surface area contributed by atoms with Gasteiger partial charge in [0.2, 0.25) is 0 Å². The van der Waals surface area contributed by atoms with Crippen LogP contribution < -0.4 is 0 Å². The third-order valence-electron chi connectivity index (χ3n) is 2.25. The lowest BCUT2D eigenvalue weighted by molar-refractivity contribution is -0.384. The molecule has 0 fully saturated rings. The summed E-state index contributed by atoms with van der Waals surface area (Å²) in [5.41, 5.74) is 1.24. The molecule has 0 aromatic heterocycles. The van der Waals surface area contributed by atoms with Crippen molar-refractivity contribution in [2.24, 2.45) is 0 Å². The van der Waals surface area contributed by atoms with Gasteiger partial charge in [0.05, 0.1) is 15.5 Å². The Balaban J connectivity index is 2.68. The molecule has 0 unspecified atom stereocenters. The average molecular weight is 234 g/mol. The molecule has 0 amide bonds. The van der Waals surface area contributed by atoms with Gasteiger partial charge in [0, 0.05) is 6.07 Å². The molecule has 0 bridgehead atoms. The first-order valence-electron chi connectivity index (χ1n) is 4.68. The second kappa shape index (κ2) is 4.33. The van der Waals surface area contributed by atoms with Crippen molar-refractivity contribution in [2.75, 3.05) is 0 Å². The van der Waals surface area contributed by atoms with Gasteiger partial charge in [-0.3, -0.25) is 10.1 Å². The van der Waals surface area contributed by atoms with Gasteiger partial charge in [-0.2, -0.15) is 0 Å². The van der Waals surface area contributed by atoms with Gasteiger partial charge in [-0.1, -0.05) is 48.0 Å². The van der Waals surface area contributed by atoms with E-state index in [1.54, 1.807) is 24.3 Å². The van der Waals surface area contributed by atoms with Crippen molar-refractivity contribution in [1.29, 1.82) is 0 Å². The van der Waals surface area contributed by atoms with Crippen LogP contribution in [0.5, 0.6) is 0 Å². The van der Waals surface area contributed by atoms with Crippen LogP contribution in [-0.2, 0) is 0 Å². The Morgan fingerprint density at radius 2 is 1.69 bits per heavy atom. The second-order valence-electron chi connectivity index (χ2n) is 3.26. The lowest BCUT2D eigenvalue weighted by atomic mass is 10.0. The molecule has 0 saturated heterocycles. The monoisotopic (exact) mass is 233 g/mol. The first kappa shape index (κ1) is 10.6. The van der Waals surface area contributed by atoms with Gasteiger partial charge in [-0.25, -0.2) is 0 Å². The second-order valence-corrected chi connectivity index (χ2v) is 3.66. The minimum atomic E-state index is -0.422. The quantitative estimate of drug-likeness (QED) is 0.583. The zero-order valence-corrected chi connectivity index (χ0v) is 9.02. The number of nitro groups is 1. The highest BCUT2D eigenvalue weighted by molar-refractivity contribution is 6.33. The molecule has 4 heteroatoms. The Hall–Kier alpha value is -1.87. The number of benzene rings is 2. The molecule has 0 aliphatic carbocycles. The molecular formula is C12H8ClNO2. The van der Waals surface area contributed by atoms with E-state index in [9.17, 15) is 10.1 Å². The first-order chi connectivity index (χ1) is 7.70. The highest BCUT2D eigenvalue weighted by Crippen LogP contribution is 2.35. The molecule has 0 radical (unpaired) electrons. The summed E-state index contributed by atoms with van der Waals surface area (Å²) in [4.78, 5) is 10.5. The van der Waals surface area contributed by atoms with Gasteiger partial charge in [0.15, 0.2) is 0 Å². The number of hydrogen-bond donors (Lipinski definition) is 0. The topological polar surface area (TPSA) is 43.1 Å². The van der Waals surface area contributed by atoms with Crippen LogP contribution in [-0.4, -0.2) is 4.92 Å². The fourth-order valence-electron chi connectivity index (χ4n) is 1.56. The molecular weight excluding hydrogens is 226 g/mol. The minimum absolute atomic E-state index is 0.0266. The van der Waals surface area contributed by atoms with Crippen LogP contribution in [0.1, 0.15) is 0 Å². The van der Waals surface area contributed by atoms with E-state index >= 15 is 0 Å². The first-order valence-corrected chi connectivity index (χ1v) is 5.06. The summed E-state index contributed by atoms with van der Waals surface area (Å²) in [7, 11) is 0. The van der Waals surface area contributed by atoms with Crippen LogP contribution in [0.2, 0.25) is 5.02 Å². The summed E-state index contributed by atoms with van der Waals surface area (Å²) in [6.07, 6.45) is 0. The summed E-state index contributed by atoms with van der Waals surface area (Å²) < 4.78 is 0. The van der Waals surface area contributed by atoms with Gasteiger partial charge in [-0.05, 0) is 11.6 Å². The summed E-state index contributed by atoms with van der Waals surface area (Å²) in [5, 5.41) is 11.3. The molecule has 2 rings (SSSR count). The number of halogens is 1. The van der Waals surface area contributed by atoms with Gasteiger partial charge < -0.3 is 0 Å². The van der Waals surface area contributed by atoms with E-state index in [1.807, 2.05) is 18.2 Å². The van der Waals surface area contributed by atoms with Gasteiger partial charge in [-0.15, -0.1) is 0 Å². The molecule has 0 spiro atoms. The Morgan fingerprint density at radius 1 is 1.00 bits per heavy atom. The lowest BCUT2D eigenvalue weighted by Gasteiger charge is -2.04.